The minimum absolute atomic E-state index is 0.111. The van der Waals surface area contributed by atoms with Gasteiger partial charge in [0.05, 0.1) is 6.04 Å². The first kappa shape index (κ1) is 14.0. The van der Waals surface area contributed by atoms with Gasteiger partial charge in [0, 0.05) is 11.4 Å². The van der Waals surface area contributed by atoms with E-state index >= 15 is 0 Å². The third-order valence-corrected chi connectivity index (χ3v) is 3.17. The van der Waals surface area contributed by atoms with E-state index in [2.05, 4.69) is 10.1 Å². The number of nitrogens with two attached hydrogens (primary N) is 1. The van der Waals surface area contributed by atoms with Gasteiger partial charge in [0.2, 0.25) is 5.89 Å². The van der Waals surface area contributed by atoms with Crippen LogP contribution in [0, 0.1) is 5.41 Å². The zero-order chi connectivity index (χ0) is 14.0. The van der Waals surface area contributed by atoms with Gasteiger partial charge in [0.15, 0.2) is 5.82 Å². The zero-order valence-corrected chi connectivity index (χ0v) is 12.1. The Morgan fingerprint density at radius 3 is 2.74 bits per heavy atom. The molecule has 0 saturated carbocycles. The highest BCUT2D eigenvalue weighted by atomic mass is 35.5. The molecule has 1 heterocycles. The molecule has 102 valence electrons. The predicted molar refractivity (Wildman–Crippen MR) is 74.9 cm³/mol. The lowest BCUT2D eigenvalue weighted by Crippen LogP contribution is -2.26. The van der Waals surface area contributed by atoms with Crippen LogP contribution in [0.2, 0.25) is 5.02 Å². The first-order valence-corrected chi connectivity index (χ1v) is 6.56. The molecule has 0 aliphatic rings. The molecule has 2 rings (SSSR count). The second kappa shape index (κ2) is 5.31. The summed E-state index contributed by atoms with van der Waals surface area (Å²) in [6.45, 7) is 6.12. The molecule has 19 heavy (non-hydrogen) atoms. The second-order valence-corrected chi connectivity index (χ2v) is 6.14. The van der Waals surface area contributed by atoms with Crippen molar-refractivity contribution in [1.82, 2.24) is 10.1 Å². The lowest BCUT2D eigenvalue weighted by Gasteiger charge is -2.23. The van der Waals surface area contributed by atoms with Crippen LogP contribution in [0.25, 0.3) is 0 Å². The van der Waals surface area contributed by atoms with Crippen LogP contribution in [0.4, 0.5) is 0 Å². The van der Waals surface area contributed by atoms with Gasteiger partial charge in [-0.25, -0.2) is 0 Å². The molecular weight excluding hydrogens is 262 g/mol. The van der Waals surface area contributed by atoms with Crippen molar-refractivity contribution in [3.8, 4) is 0 Å². The van der Waals surface area contributed by atoms with Gasteiger partial charge in [-0.2, -0.15) is 4.98 Å². The summed E-state index contributed by atoms with van der Waals surface area (Å²) in [7, 11) is 0. The van der Waals surface area contributed by atoms with Crippen LogP contribution in [0.3, 0.4) is 0 Å². The quantitative estimate of drug-likeness (QED) is 0.936. The van der Waals surface area contributed by atoms with Crippen molar-refractivity contribution in [2.24, 2.45) is 11.1 Å². The standard InChI is InChI=1S/C14H18ClN3O/c1-14(2,3)12(16)13-17-11(18-19-13)8-9-5-4-6-10(15)7-9/h4-7,12H,8,16H2,1-3H3/t12-/m1/s1. The number of aromatic nitrogens is 2. The molecule has 0 aliphatic carbocycles. The Balaban J connectivity index is 2.14. The van der Waals surface area contributed by atoms with E-state index in [9.17, 15) is 0 Å². The summed E-state index contributed by atoms with van der Waals surface area (Å²) >= 11 is 5.94. The van der Waals surface area contributed by atoms with E-state index in [1.54, 1.807) is 0 Å². The van der Waals surface area contributed by atoms with E-state index < -0.39 is 0 Å². The SMILES string of the molecule is CC(C)(C)[C@H](N)c1nc(Cc2cccc(Cl)c2)no1. The fourth-order valence-corrected chi connectivity index (χ4v) is 1.88. The summed E-state index contributed by atoms with van der Waals surface area (Å²) < 4.78 is 5.24. The minimum atomic E-state index is -0.270. The van der Waals surface area contributed by atoms with Crippen LogP contribution >= 0.6 is 11.6 Å². The van der Waals surface area contributed by atoms with E-state index in [1.807, 2.05) is 45.0 Å². The molecule has 2 N–H and O–H groups in total. The molecule has 0 amide bonds. The summed E-state index contributed by atoms with van der Waals surface area (Å²) in [6, 6.07) is 7.34. The predicted octanol–water partition coefficient (Wildman–Crippen LogP) is 3.36. The van der Waals surface area contributed by atoms with Gasteiger partial charge < -0.3 is 10.3 Å². The average molecular weight is 280 g/mol. The van der Waals surface area contributed by atoms with E-state index in [0.717, 1.165) is 5.56 Å². The second-order valence-electron chi connectivity index (χ2n) is 5.70. The Morgan fingerprint density at radius 1 is 1.37 bits per heavy atom. The Kier molecular flexibility index (Phi) is 3.92. The smallest absolute Gasteiger partial charge is 0.244 e. The summed E-state index contributed by atoms with van der Waals surface area (Å²) in [5.41, 5.74) is 7.02. The normalized spacial score (nSPS) is 13.5. The van der Waals surface area contributed by atoms with Gasteiger partial charge >= 0.3 is 0 Å². The molecule has 2 aromatic rings. The summed E-state index contributed by atoms with van der Waals surface area (Å²) in [4.78, 5) is 4.36. The molecule has 1 atom stereocenters. The maximum atomic E-state index is 6.09. The van der Waals surface area contributed by atoms with Gasteiger partial charge in [-0.05, 0) is 23.1 Å². The van der Waals surface area contributed by atoms with Gasteiger partial charge in [-0.1, -0.05) is 49.7 Å². The minimum Gasteiger partial charge on any atom is -0.338 e. The third kappa shape index (κ3) is 3.55. The van der Waals surface area contributed by atoms with Crippen LogP contribution in [-0.2, 0) is 6.42 Å². The van der Waals surface area contributed by atoms with Crippen molar-refractivity contribution in [1.29, 1.82) is 0 Å². The van der Waals surface area contributed by atoms with Crippen molar-refractivity contribution in [3.63, 3.8) is 0 Å². The molecular formula is C14H18ClN3O. The Hall–Kier alpha value is -1.39. The highest BCUT2D eigenvalue weighted by molar-refractivity contribution is 6.30. The van der Waals surface area contributed by atoms with Crippen LogP contribution in [0.5, 0.6) is 0 Å². The maximum Gasteiger partial charge on any atom is 0.244 e. The highest BCUT2D eigenvalue weighted by Crippen LogP contribution is 2.29. The number of hydrogen-bond donors (Lipinski definition) is 1. The van der Waals surface area contributed by atoms with Gasteiger partial charge in [0.1, 0.15) is 0 Å². The number of halogens is 1. The summed E-state index contributed by atoms with van der Waals surface area (Å²) in [5.74, 6) is 1.10. The first-order valence-electron chi connectivity index (χ1n) is 6.19. The Bertz CT molecular complexity index is 560. The molecule has 0 radical (unpaired) electrons. The molecule has 1 aromatic heterocycles. The molecule has 4 nitrogen and oxygen atoms in total. The number of hydrogen-bond acceptors (Lipinski definition) is 4. The van der Waals surface area contributed by atoms with Crippen molar-refractivity contribution in [2.75, 3.05) is 0 Å². The average Bonchev–Trinajstić information content (AvgIpc) is 2.75. The monoisotopic (exact) mass is 279 g/mol. The van der Waals surface area contributed by atoms with E-state index in [0.29, 0.717) is 23.2 Å². The zero-order valence-electron chi connectivity index (χ0n) is 11.4. The van der Waals surface area contributed by atoms with Gasteiger partial charge in [-0.3, -0.25) is 0 Å². The fourth-order valence-electron chi connectivity index (χ4n) is 1.67. The molecule has 0 bridgehead atoms. The number of rotatable bonds is 3. The van der Waals surface area contributed by atoms with E-state index in [-0.39, 0.29) is 11.5 Å². The summed E-state index contributed by atoms with van der Waals surface area (Å²) in [5, 5.41) is 4.67. The van der Waals surface area contributed by atoms with Gasteiger partial charge in [-0.15, -0.1) is 0 Å². The molecule has 0 aliphatic heterocycles. The first-order chi connectivity index (χ1) is 8.86. The third-order valence-electron chi connectivity index (χ3n) is 2.93. The molecule has 1 aromatic carbocycles. The van der Waals surface area contributed by atoms with Gasteiger partial charge in [0.25, 0.3) is 0 Å². The van der Waals surface area contributed by atoms with Crippen molar-refractivity contribution < 1.29 is 4.52 Å². The van der Waals surface area contributed by atoms with Crippen molar-refractivity contribution >= 4 is 11.6 Å². The lowest BCUT2D eigenvalue weighted by molar-refractivity contribution is 0.252. The molecule has 0 spiro atoms. The maximum absolute atomic E-state index is 6.09. The van der Waals surface area contributed by atoms with Crippen LogP contribution < -0.4 is 5.73 Å². The van der Waals surface area contributed by atoms with Crippen molar-refractivity contribution in [2.45, 2.75) is 33.2 Å². The van der Waals surface area contributed by atoms with E-state index in [1.165, 1.54) is 0 Å². The topological polar surface area (TPSA) is 64.9 Å². The van der Waals surface area contributed by atoms with Crippen molar-refractivity contribution in [3.05, 3.63) is 46.6 Å². The van der Waals surface area contributed by atoms with Crippen LogP contribution in [0.15, 0.2) is 28.8 Å². The Labute approximate surface area is 118 Å². The van der Waals surface area contributed by atoms with Crippen LogP contribution in [-0.4, -0.2) is 10.1 Å². The largest absolute Gasteiger partial charge is 0.338 e. The van der Waals surface area contributed by atoms with Crippen LogP contribution in [0.1, 0.15) is 44.1 Å². The molecule has 5 heteroatoms. The highest BCUT2D eigenvalue weighted by Gasteiger charge is 2.27. The fraction of sp³-hybridized carbons (Fsp3) is 0.429. The molecule has 0 fully saturated rings. The summed E-state index contributed by atoms with van der Waals surface area (Å²) in [6.07, 6.45) is 0.584. The number of benzene rings is 1. The van der Waals surface area contributed by atoms with E-state index in [4.69, 9.17) is 21.9 Å². The molecule has 0 unspecified atom stereocenters. The number of nitrogens with zero attached hydrogens (tertiary/aromatic N) is 2. The lowest BCUT2D eigenvalue weighted by atomic mass is 9.87. The molecule has 0 saturated heterocycles. The Morgan fingerprint density at radius 2 is 2.11 bits per heavy atom.